The van der Waals surface area contributed by atoms with Gasteiger partial charge in [-0.15, -0.1) is 0 Å². The Morgan fingerprint density at radius 1 is 0.800 bits per heavy atom. The number of nitrogens with two attached hydrogens (primary N) is 2. The van der Waals surface area contributed by atoms with Gasteiger partial charge in [-0.2, -0.15) is 4.99 Å². The highest BCUT2D eigenvalue weighted by Crippen LogP contribution is 2.44. The molecule has 40 heavy (non-hydrogen) atoms. The van der Waals surface area contributed by atoms with Crippen LogP contribution in [0.5, 0.6) is 11.5 Å². The Kier molecular flexibility index (Phi) is 8.02. The van der Waals surface area contributed by atoms with Crippen molar-refractivity contribution in [3.05, 3.63) is 46.5 Å². The van der Waals surface area contributed by atoms with Gasteiger partial charge in [0.25, 0.3) is 5.91 Å². The van der Waals surface area contributed by atoms with Crippen LogP contribution in [0.25, 0.3) is 0 Å². The highest BCUT2D eigenvalue weighted by molar-refractivity contribution is 7.93. The third-order valence-corrected chi connectivity index (χ3v) is 11.1. The highest BCUT2D eigenvalue weighted by atomic mass is 32.2. The molecule has 2 aliphatic rings. The van der Waals surface area contributed by atoms with Crippen LogP contribution in [0.4, 0.5) is 0 Å². The minimum Gasteiger partial charge on any atom is -0.470 e. The van der Waals surface area contributed by atoms with Crippen LogP contribution in [-0.4, -0.2) is 51.6 Å². The van der Waals surface area contributed by atoms with Crippen molar-refractivity contribution in [3.63, 3.8) is 0 Å². The summed E-state index contributed by atoms with van der Waals surface area (Å²) in [4.78, 5) is 24.6. The second kappa shape index (κ2) is 10.4. The molecule has 14 heteroatoms. The summed E-state index contributed by atoms with van der Waals surface area (Å²) in [6, 6.07) is 5.79. The number of fused-ring (bicyclic) bond motifs is 2. The minimum absolute atomic E-state index is 0.0150. The summed E-state index contributed by atoms with van der Waals surface area (Å²) in [6.07, 6.45) is 1.10. The molecule has 1 amide bonds. The third-order valence-electron chi connectivity index (χ3n) is 6.55. The largest absolute Gasteiger partial charge is 0.470 e. The molecule has 2 aromatic rings. The van der Waals surface area contributed by atoms with Gasteiger partial charge in [-0.05, 0) is 75.9 Å². The van der Waals surface area contributed by atoms with Crippen LogP contribution < -0.4 is 20.9 Å². The number of carbonyl (C=O) groups excluding carboxylic acids is 2. The van der Waals surface area contributed by atoms with Gasteiger partial charge in [-0.1, -0.05) is 13.8 Å². The molecule has 0 saturated carbocycles. The fourth-order valence-electron chi connectivity index (χ4n) is 4.21. The maximum absolute atomic E-state index is 12.4. The van der Waals surface area contributed by atoms with E-state index in [9.17, 15) is 26.4 Å². The van der Waals surface area contributed by atoms with Crippen LogP contribution in [0.15, 0.2) is 39.0 Å². The van der Waals surface area contributed by atoms with Gasteiger partial charge in [0.05, 0.1) is 12.7 Å². The predicted molar refractivity (Wildman–Crippen MR) is 147 cm³/mol. The summed E-state index contributed by atoms with van der Waals surface area (Å²) in [7, 11) is -6.01. The molecule has 2 aliphatic heterocycles. The zero-order valence-electron chi connectivity index (χ0n) is 23.3. The molecule has 4 N–H and O–H groups in total. The number of amides is 1. The van der Waals surface area contributed by atoms with E-state index < -0.39 is 41.4 Å². The molecular formula is C26H33N3O9S2. The van der Waals surface area contributed by atoms with Crippen LogP contribution in [-0.2, 0) is 37.3 Å². The lowest BCUT2D eigenvalue weighted by molar-refractivity contribution is 0.0599. The molecule has 0 fully saturated rings. The van der Waals surface area contributed by atoms with Crippen LogP contribution in [0.3, 0.4) is 0 Å². The molecule has 0 atom stereocenters. The minimum atomic E-state index is -3.68. The van der Waals surface area contributed by atoms with Gasteiger partial charge in [0, 0.05) is 5.56 Å². The van der Waals surface area contributed by atoms with Crippen LogP contribution in [0.2, 0.25) is 0 Å². The average molecular weight is 596 g/mol. The number of esters is 1. The average Bonchev–Trinajstić information content (AvgIpc) is 3.15. The maximum atomic E-state index is 12.4. The predicted octanol–water partition coefficient (Wildman–Crippen LogP) is 2.50. The van der Waals surface area contributed by atoms with E-state index in [1.54, 1.807) is 12.1 Å². The number of benzene rings is 2. The van der Waals surface area contributed by atoms with E-state index in [0.29, 0.717) is 29.7 Å². The Balaban J connectivity index is 0.000000222. The molecule has 2 heterocycles. The van der Waals surface area contributed by atoms with Crippen molar-refractivity contribution in [2.24, 2.45) is 16.5 Å². The first-order chi connectivity index (χ1) is 18.3. The number of ether oxygens (including phenoxy) is 3. The summed E-state index contributed by atoms with van der Waals surface area (Å²) >= 11 is 0. The zero-order chi connectivity index (χ0) is 30.4. The van der Waals surface area contributed by atoms with Crippen molar-refractivity contribution in [2.75, 3.05) is 7.11 Å². The summed E-state index contributed by atoms with van der Waals surface area (Å²) in [5.41, 5.74) is 12.2. The number of aryl methyl sites for hydroxylation is 2. The SMILES string of the molecule is CCc1cc2c(cc1C(=O)N=C(N)N)S(=O)(=O)C(C)(C)O2.CCc1cc2c(cc1C(=O)OC)S(=O)(=O)C(C)(C)O2. The van der Waals surface area contributed by atoms with Crippen LogP contribution >= 0.6 is 0 Å². The molecule has 4 rings (SSSR count). The van der Waals surface area contributed by atoms with E-state index in [1.807, 2.05) is 13.8 Å². The first-order valence-electron chi connectivity index (χ1n) is 12.3. The van der Waals surface area contributed by atoms with E-state index in [0.717, 1.165) is 0 Å². The summed E-state index contributed by atoms with van der Waals surface area (Å²) in [5, 5.41) is 0. The number of sulfone groups is 2. The van der Waals surface area contributed by atoms with Gasteiger partial charge < -0.3 is 25.7 Å². The standard InChI is InChI=1S/C13H17N3O4S.C13H16O5S/c1-4-7-5-9-10(21(18,19)13(2,3)20-9)6-8(7)11(17)16-12(14)15;1-5-8-6-10-11(7-9(8)12(14)17-4)19(15,16)13(2,3)18-10/h5-6H,4H2,1-3H3,(H4,14,15,16,17);6-7H,5H2,1-4H3. The van der Waals surface area contributed by atoms with Crippen molar-refractivity contribution in [3.8, 4) is 11.5 Å². The van der Waals surface area contributed by atoms with E-state index in [4.69, 9.17) is 20.9 Å². The molecule has 0 unspecified atom stereocenters. The number of hydrogen-bond acceptors (Lipinski definition) is 9. The number of hydrogen-bond donors (Lipinski definition) is 2. The Morgan fingerprint density at radius 3 is 1.57 bits per heavy atom. The van der Waals surface area contributed by atoms with Gasteiger partial charge in [0.2, 0.25) is 29.5 Å². The normalized spacial score (nSPS) is 18.1. The molecule has 2 aromatic carbocycles. The Bertz CT molecular complexity index is 1640. The molecule has 0 bridgehead atoms. The number of aliphatic imine (C=N–C) groups is 1. The van der Waals surface area contributed by atoms with Gasteiger partial charge in [0.1, 0.15) is 21.3 Å². The molecule has 0 aliphatic carbocycles. The van der Waals surface area contributed by atoms with Gasteiger partial charge in [-0.3, -0.25) is 4.79 Å². The third kappa shape index (κ3) is 5.12. The van der Waals surface area contributed by atoms with Crippen molar-refractivity contribution in [2.45, 2.75) is 74.0 Å². The summed E-state index contributed by atoms with van der Waals surface area (Å²) < 4.78 is 65.0. The lowest BCUT2D eigenvalue weighted by Crippen LogP contribution is -2.32. The first kappa shape index (κ1) is 30.9. The van der Waals surface area contributed by atoms with Crippen LogP contribution in [0, 0.1) is 0 Å². The van der Waals surface area contributed by atoms with E-state index in [2.05, 4.69) is 9.73 Å². The van der Waals surface area contributed by atoms with Gasteiger partial charge in [0.15, 0.2) is 5.96 Å². The fraction of sp³-hybridized carbons (Fsp3) is 0.423. The van der Waals surface area contributed by atoms with Crippen molar-refractivity contribution < 1.29 is 40.6 Å². The second-order valence-corrected chi connectivity index (χ2v) is 14.8. The van der Waals surface area contributed by atoms with Crippen LogP contribution in [0.1, 0.15) is 73.4 Å². The van der Waals surface area contributed by atoms with Crippen molar-refractivity contribution >= 4 is 37.5 Å². The number of carbonyl (C=O) groups is 2. The Hall–Kier alpha value is -3.65. The smallest absolute Gasteiger partial charge is 0.338 e. The van der Waals surface area contributed by atoms with Crippen molar-refractivity contribution in [1.29, 1.82) is 0 Å². The molecule has 0 saturated heterocycles. The number of guanidine groups is 1. The highest BCUT2D eigenvalue weighted by Gasteiger charge is 2.48. The number of nitrogens with zero attached hydrogens (tertiary/aromatic N) is 1. The lowest BCUT2D eigenvalue weighted by atomic mass is 10.0. The molecule has 12 nitrogen and oxygen atoms in total. The lowest BCUT2D eigenvalue weighted by Gasteiger charge is -2.15. The number of rotatable bonds is 4. The topological polar surface area (TPSA) is 195 Å². The molecule has 0 aromatic heterocycles. The second-order valence-electron chi connectivity index (χ2n) is 9.96. The van der Waals surface area contributed by atoms with Gasteiger partial charge in [-0.25, -0.2) is 21.6 Å². The van der Waals surface area contributed by atoms with E-state index in [-0.39, 0.29) is 32.6 Å². The molecular weight excluding hydrogens is 562 g/mol. The monoisotopic (exact) mass is 595 g/mol. The number of methoxy groups -OCH3 is 1. The quantitative estimate of drug-likeness (QED) is 0.299. The van der Waals surface area contributed by atoms with E-state index >= 15 is 0 Å². The molecule has 0 radical (unpaired) electrons. The molecule has 218 valence electrons. The zero-order valence-corrected chi connectivity index (χ0v) is 24.9. The van der Waals surface area contributed by atoms with Gasteiger partial charge >= 0.3 is 5.97 Å². The summed E-state index contributed by atoms with van der Waals surface area (Å²) in [5.74, 6) is -1.04. The fourth-order valence-corrected chi connectivity index (χ4v) is 6.95. The van der Waals surface area contributed by atoms with Crippen molar-refractivity contribution in [1.82, 2.24) is 0 Å². The maximum Gasteiger partial charge on any atom is 0.338 e. The Morgan fingerprint density at radius 2 is 1.20 bits per heavy atom. The van der Waals surface area contributed by atoms with E-state index in [1.165, 1.54) is 46.9 Å². The summed E-state index contributed by atoms with van der Waals surface area (Å²) in [6.45, 7) is 9.62. The molecule has 0 spiro atoms. The Labute approximate surface area is 233 Å². The first-order valence-corrected chi connectivity index (χ1v) is 15.2.